The van der Waals surface area contributed by atoms with Crippen molar-refractivity contribution in [3.8, 4) is 0 Å². The van der Waals surface area contributed by atoms with Crippen molar-refractivity contribution in [1.29, 1.82) is 0 Å². The van der Waals surface area contributed by atoms with Crippen molar-refractivity contribution >= 4 is 23.4 Å². The molecule has 1 aromatic heterocycles. The Morgan fingerprint density at radius 2 is 2.26 bits per heavy atom. The zero-order chi connectivity index (χ0) is 16.2. The minimum Gasteiger partial charge on any atom is -0.396 e. The number of anilines is 1. The van der Waals surface area contributed by atoms with Gasteiger partial charge in [0.05, 0.1) is 5.02 Å². The van der Waals surface area contributed by atoms with Crippen LogP contribution < -0.4 is 10.2 Å². The Labute approximate surface area is 141 Å². The molecule has 7 heteroatoms. The van der Waals surface area contributed by atoms with E-state index in [1.54, 1.807) is 6.20 Å². The standard InChI is InChI=1S/C16H23ClN4O2/c17-14-4-1-6-18-15(14)20-8-5-13(10-20)19-16(23)21-7-2-3-12(9-21)11-22/h1,4,6,12-13,22H,2-3,5,7-11H2,(H,19,23). The molecular formula is C16H23ClN4O2. The second-order valence-electron chi connectivity index (χ2n) is 6.33. The molecule has 23 heavy (non-hydrogen) atoms. The van der Waals surface area contributed by atoms with E-state index < -0.39 is 0 Å². The van der Waals surface area contributed by atoms with Crippen LogP contribution in [0.1, 0.15) is 19.3 Å². The first kappa shape index (κ1) is 16.3. The first-order valence-corrected chi connectivity index (χ1v) is 8.57. The molecular weight excluding hydrogens is 316 g/mol. The average molecular weight is 339 g/mol. The summed E-state index contributed by atoms with van der Waals surface area (Å²) in [6, 6.07) is 3.73. The lowest BCUT2D eigenvalue weighted by molar-refractivity contribution is 0.128. The molecule has 0 aliphatic carbocycles. The Bertz CT molecular complexity index is 557. The van der Waals surface area contributed by atoms with Gasteiger partial charge in [-0.05, 0) is 37.3 Å². The quantitative estimate of drug-likeness (QED) is 0.880. The van der Waals surface area contributed by atoms with Gasteiger partial charge in [0.15, 0.2) is 0 Å². The molecule has 0 spiro atoms. The number of hydrogen-bond acceptors (Lipinski definition) is 4. The van der Waals surface area contributed by atoms with E-state index in [-0.39, 0.29) is 24.6 Å². The van der Waals surface area contributed by atoms with Gasteiger partial charge in [-0.25, -0.2) is 9.78 Å². The van der Waals surface area contributed by atoms with Crippen molar-refractivity contribution < 1.29 is 9.90 Å². The predicted molar refractivity (Wildman–Crippen MR) is 89.8 cm³/mol. The van der Waals surface area contributed by atoms with Crippen LogP contribution >= 0.6 is 11.6 Å². The van der Waals surface area contributed by atoms with Crippen LogP contribution in [0, 0.1) is 5.92 Å². The Balaban J connectivity index is 1.53. The minimum atomic E-state index is -0.0258. The fourth-order valence-corrected chi connectivity index (χ4v) is 3.59. The maximum Gasteiger partial charge on any atom is 0.317 e. The second-order valence-corrected chi connectivity index (χ2v) is 6.73. The van der Waals surface area contributed by atoms with E-state index in [1.807, 2.05) is 17.0 Å². The summed E-state index contributed by atoms with van der Waals surface area (Å²) in [5.41, 5.74) is 0. The van der Waals surface area contributed by atoms with Gasteiger partial charge in [0.2, 0.25) is 0 Å². The summed E-state index contributed by atoms with van der Waals surface area (Å²) in [5, 5.41) is 13.0. The van der Waals surface area contributed by atoms with Gasteiger partial charge < -0.3 is 20.2 Å². The molecule has 2 amide bonds. The normalized spacial score (nSPS) is 24.8. The number of hydrogen-bond donors (Lipinski definition) is 2. The zero-order valence-electron chi connectivity index (χ0n) is 13.1. The van der Waals surface area contributed by atoms with Crippen LogP contribution in [-0.4, -0.2) is 59.8 Å². The molecule has 6 nitrogen and oxygen atoms in total. The molecule has 2 aliphatic rings. The molecule has 2 N–H and O–H groups in total. The van der Waals surface area contributed by atoms with Crippen molar-refractivity contribution in [3.63, 3.8) is 0 Å². The first-order valence-electron chi connectivity index (χ1n) is 8.19. The molecule has 2 saturated heterocycles. The Morgan fingerprint density at radius 1 is 1.39 bits per heavy atom. The third-order valence-electron chi connectivity index (χ3n) is 4.62. The van der Waals surface area contributed by atoms with Crippen LogP contribution in [0.5, 0.6) is 0 Å². The largest absolute Gasteiger partial charge is 0.396 e. The SMILES string of the molecule is O=C(NC1CCN(c2ncccc2Cl)C1)N1CCCC(CO)C1. The van der Waals surface area contributed by atoms with Crippen molar-refractivity contribution in [3.05, 3.63) is 23.4 Å². The number of nitrogens with one attached hydrogen (secondary N) is 1. The van der Waals surface area contributed by atoms with Crippen LogP contribution in [0.2, 0.25) is 5.02 Å². The van der Waals surface area contributed by atoms with Gasteiger partial charge in [-0.1, -0.05) is 11.6 Å². The third kappa shape index (κ3) is 3.87. The first-order chi connectivity index (χ1) is 11.2. The topological polar surface area (TPSA) is 68.7 Å². The summed E-state index contributed by atoms with van der Waals surface area (Å²) in [7, 11) is 0. The lowest BCUT2D eigenvalue weighted by Gasteiger charge is -2.32. The van der Waals surface area contributed by atoms with Gasteiger partial charge in [0.1, 0.15) is 5.82 Å². The highest BCUT2D eigenvalue weighted by Crippen LogP contribution is 2.26. The van der Waals surface area contributed by atoms with E-state index in [2.05, 4.69) is 15.2 Å². The second kappa shape index (κ2) is 7.36. The van der Waals surface area contributed by atoms with E-state index in [4.69, 9.17) is 11.6 Å². The number of rotatable bonds is 3. The maximum absolute atomic E-state index is 12.4. The number of urea groups is 1. The Kier molecular flexibility index (Phi) is 5.23. The van der Waals surface area contributed by atoms with Crippen LogP contribution in [0.15, 0.2) is 18.3 Å². The molecule has 2 aliphatic heterocycles. The average Bonchev–Trinajstić information content (AvgIpc) is 3.03. The summed E-state index contributed by atoms with van der Waals surface area (Å²) < 4.78 is 0. The van der Waals surface area contributed by atoms with Gasteiger partial charge in [-0.2, -0.15) is 0 Å². The number of carbonyl (C=O) groups is 1. The van der Waals surface area contributed by atoms with Gasteiger partial charge in [-0.15, -0.1) is 0 Å². The summed E-state index contributed by atoms with van der Waals surface area (Å²) >= 11 is 6.19. The number of aliphatic hydroxyl groups excluding tert-OH is 1. The van der Waals surface area contributed by atoms with E-state index in [1.165, 1.54) is 0 Å². The van der Waals surface area contributed by atoms with Crippen LogP contribution in [-0.2, 0) is 0 Å². The molecule has 0 aromatic carbocycles. The molecule has 0 bridgehead atoms. The number of likely N-dealkylation sites (tertiary alicyclic amines) is 1. The van der Waals surface area contributed by atoms with Gasteiger partial charge in [0.25, 0.3) is 0 Å². The third-order valence-corrected chi connectivity index (χ3v) is 4.91. The van der Waals surface area contributed by atoms with E-state index >= 15 is 0 Å². The molecule has 1 aromatic rings. The minimum absolute atomic E-state index is 0.0258. The Hall–Kier alpha value is -1.53. The summed E-state index contributed by atoms with van der Waals surface area (Å²) in [6.07, 6.45) is 4.57. The molecule has 0 saturated carbocycles. The molecule has 0 radical (unpaired) electrons. The maximum atomic E-state index is 12.4. The highest BCUT2D eigenvalue weighted by molar-refractivity contribution is 6.32. The Morgan fingerprint density at radius 3 is 3.04 bits per heavy atom. The lowest BCUT2D eigenvalue weighted by atomic mass is 9.99. The fraction of sp³-hybridized carbons (Fsp3) is 0.625. The summed E-state index contributed by atoms with van der Waals surface area (Å²) in [6.45, 7) is 3.12. The molecule has 2 unspecified atom stereocenters. The molecule has 3 rings (SSSR count). The molecule has 126 valence electrons. The molecule has 2 atom stereocenters. The number of aliphatic hydroxyl groups is 1. The van der Waals surface area contributed by atoms with E-state index in [0.717, 1.165) is 44.7 Å². The molecule has 2 fully saturated rings. The predicted octanol–water partition coefficient (Wildman–Crippen LogP) is 1.73. The van der Waals surface area contributed by atoms with Gasteiger partial charge in [0, 0.05) is 45.0 Å². The van der Waals surface area contributed by atoms with Crippen molar-refractivity contribution in [2.24, 2.45) is 5.92 Å². The zero-order valence-corrected chi connectivity index (χ0v) is 13.9. The monoisotopic (exact) mass is 338 g/mol. The highest BCUT2D eigenvalue weighted by Gasteiger charge is 2.29. The van der Waals surface area contributed by atoms with Crippen molar-refractivity contribution in [1.82, 2.24) is 15.2 Å². The summed E-state index contributed by atoms with van der Waals surface area (Å²) in [4.78, 5) is 20.7. The van der Waals surface area contributed by atoms with Crippen molar-refractivity contribution in [2.45, 2.75) is 25.3 Å². The van der Waals surface area contributed by atoms with Gasteiger partial charge >= 0.3 is 6.03 Å². The smallest absolute Gasteiger partial charge is 0.317 e. The van der Waals surface area contributed by atoms with Crippen LogP contribution in [0.4, 0.5) is 10.6 Å². The number of piperidine rings is 1. The summed E-state index contributed by atoms with van der Waals surface area (Å²) in [5.74, 6) is 0.992. The number of amides is 2. The number of halogens is 1. The number of aromatic nitrogens is 1. The van der Waals surface area contributed by atoms with Crippen molar-refractivity contribution in [2.75, 3.05) is 37.7 Å². The van der Waals surface area contributed by atoms with E-state index in [0.29, 0.717) is 11.6 Å². The number of nitrogens with zero attached hydrogens (tertiary/aromatic N) is 3. The number of pyridine rings is 1. The number of carbonyl (C=O) groups excluding carboxylic acids is 1. The van der Waals surface area contributed by atoms with E-state index in [9.17, 15) is 9.90 Å². The molecule has 3 heterocycles. The van der Waals surface area contributed by atoms with Crippen LogP contribution in [0.25, 0.3) is 0 Å². The van der Waals surface area contributed by atoms with Gasteiger partial charge in [-0.3, -0.25) is 0 Å². The van der Waals surface area contributed by atoms with Crippen LogP contribution in [0.3, 0.4) is 0 Å². The fourth-order valence-electron chi connectivity index (χ4n) is 3.34. The highest BCUT2D eigenvalue weighted by atomic mass is 35.5. The lowest BCUT2D eigenvalue weighted by Crippen LogP contribution is -2.49.